The van der Waals surface area contributed by atoms with Gasteiger partial charge in [-0.05, 0) is 58.2 Å². The number of hydrogen-bond donors (Lipinski definition) is 1. The SMILES string of the molecule is COc1ccccc1CC(=O)N1CCC[C@@]2(C(=O)NC3CCC3)CCN(C)C[C@H]12. The summed E-state index contributed by atoms with van der Waals surface area (Å²) in [6.45, 7) is 2.39. The average Bonchev–Trinajstić information content (AvgIpc) is 2.70. The van der Waals surface area contributed by atoms with Gasteiger partial charge < -0.3 is 19.9 Å². The summed E-state index contributed by atoms with van der Waals surface area (Å²) >= 11 is 0. The topological polar surface area (TPSA) is 61.9 Å². The lowest BCUT2D eigenvalue weighted by atomic mass is 9.67. The van der Waals surface area contributed by atoms with Gasteiger partial charge in [0.15, 0.2) is 0 Å². The second kappa shape index (κ2) is 8.34. The molecule has 1 aromatic rings. The molecule has 2 heterocycles. The van der Waals surface area contributed by atoms with Crippen LogP contribution >= 0.6 is 0 Å². The van der Waals surface area contributed by atoms with Gasteiger partial charge in [0, 0.05) is 24.7 Å². The van der Waals surface area contributed by atoms with E-state index in [-0.39, 0.29) is 17.9 Å². The largest absolute Gasteiger partial charge is 0.496 e. The molecule has 6 nitrogen and oxygen atoms in total. The monoisotopic (exact) mass is 399 g/mol. The summed E-state index contributed by atoms with van der Waals surface area (Å²) in [4.78, 5) is 31.0. The Morgan fingerprint density at radius 1 is 1.17 bits per heavy atom. The number of piperidine rings is 2. The molecule has 0 aromatic heterocycles. The Morgan fingerprint density at radius 3 is 2.69 bits per heavy atom. The number of rotatable bonds is 5. The number of likely N-dealkylation sites (tertiary alicyclic amines) is 2. The fraction of sp³-hybridized carbons (Fsp3) is 0.652. The smallest absolute Gasteiger partial charge is 0.228 e. The van der Waals surface area contributed by atoms with E-state index in [4.69, 9.17) is 4.74 Å². The number of para-hydroxylation sites is 1. The molecule has 1 saturated carbocycles. The van der Waals surface area contributed by atoms with Crippen LogP contribution in [0.3, 0.4) is 0 Å². The lowest BCUT2D eigenvalue weighted by molar-refractivity contribution is -0.154. The Kier molecular flexibility index (Phi) is 5.81. The van der Waals surface area contributed by atoms with E-state index in [0.717, 1.165) is 63.1 Å². The molecule has 0 radical (unpaired) electrons. The van der Waals surface area contributed by atoms with Crippen molar-refractivity contribution >= 4 is 11.8 Å². The van der Waals surface area contributed by atoms with E-state index in [2.05, 4.69) is 17.3 Å². The average molecular weight is 400 g/mol. The first kappa shape index (κ1) is 20.2. The number of carbonyl (C=O) groups excluding carboxylic acids is 2. The first-order valence-corrected chi connectivity index (χ1v) is 10.9. The molecule has 4 rings (SSSR count). The summed E-state index contributed by atoms with van der Waals surface area (Å²) < 4.78 is 5.43. The quantitative estimate of drug-likeness (QED) is 0.825. The Balaban J connectivity index is 1.56. The van der Waals surface area contributed by atoms with Crippen LogP contribution in [0.1, 0.15) is 44.1 Å². The standard InChI is InChI=1S/C23H33N3O3/c1-25-14-12-23(22(28)24-18-8-5-9-18)11-6-13-26(20(23)16-25)21(27)15-17-7-3-4-10-19(17)29-2/h3-4,7,10,18,20H,5-6,8-9,11-16H2,1-2H3,(H,24,28)/t20-,23+/m0/s1. The first-order chi connectivity index (χ1) is 14.0. The van der Waals surface area contributed by atoms with Crippen molar-refractivity contribution in [2.75, 3.05) is 33.8 Å². The van der Waals surface area contributed by atoms with Gasteiger partial charge in [0.1, 0.15) is 5.75 Å². The maximum atomic E-state index is 13.4. The zero-order valence-corrected chi connectivity index (χ0v) is 17.7. The van der Waals surface area contributed by atoms with Crippen molar-refractivity contribution in [2.24, 2.45) is 5.41 Å². The molecule has 2 aliphatic heterocycles. The zero-order valence-electron chi connectivity index (χ0n) is 17.7. The molecule has 3 aliphatic rings. The first-order valence-electron chi connectivity index (χ1n) is 10.9. The molecule has 2 amide bonds. The third-order valence-corrected chi connectivity index (χ3v) is 7.21. The van der Waals surface area contributed by atoms with Crippen LogP contribution < -0.4 is 10.1 Å². The molecule has 2 atom stereocenters. The van der Waals surface area contributed by atoms with Crippen molar-refractivity contribution in [1.29, 1.82) is 0 Å². The van der Waals surface area contributed by atoms with E-state index in [0.29, 0.717) is 12.5 Å². The number of nitrogens with zero attached hydrogens (tertiary/aromatic N) is 2. The van der Waals surface area contributed by atoms with Crippen LogP contribution in [-0.2, 0) is 16.0 Å². The predicted octanol–water partition coefficient (Wildman–Crippen LogP) is 2.22. The highest BCUT2D eigenvalue weighted by molar-refractivity contribution is 5.86. The van der Waals surface area contributed by atoms with E-state index in [1.165, 1.54) is 6.42 Å². The number of amides is 2. The van der Waals surface area contributed by atoms with E-state index in [1.54, 1.807) is 7.11 Å². The Labute approximate surface area is 173 Å². The lowest BCUT2D eigenvalue weighted by Crippen LogP contribution is -2.67. The fourth-order valence-corrected chi connectivity index (χ4v) is 5.20. The van der Waals surface area contributed by atoms with E-state index in [9.17, 15) is 9.59 Å². The fourth-order valence-electron chi connectivity index (χ4n) is 5.20. The molecule has 1 N–H and O–H groups in total. The number of hydrogen-bond acceptors (Lipinski definition) is 4. The van der Waals surface area contributed by atoms with Crippen molar-refractivity contribution in [1.82, 2.24) is 15.1 Å². The van der Waals surface area contributed by atoms with Crippen LogP contribution in [-0.4, -0.2) is 67.5 Å². The summed E-state index contributed by atoms with van der Waals surface area (Å²) in [5.74, 6) is 1.01. The molecule has 0 bridgehead atoms. The molecule has 3 fully saturated rings. The second-order valence-electron chi connectivity index (χ2n) is 8.96. The number of methoxy groups -OCH3 is 1. The van der Waals surface area contributed by atoms with Crippen molar-refractivity contribution in [2.45, 2.75) is 57.0 Å². The number of ether oxygens (including phenoxy) is 1. The van der Waals surface area contributed by atoms with Crippen molar-refractivity contribution < 1.29 is 14.3 Å². The van der Waals surface area contributed by atoms with E-state index in [1.807, 2.05) is 29.2 Å². The number of carbonyl (C=O) groups is 2. The second-order valence-corrected chi connectivity index (χ2v) is 8.96. The van der Waals surface area contributed by atoms with Crippen LogP contribution in [0.4, 0.5) is 0 Å². The van der Waals surface area contributed by atoms with Crippen LogP contribution in [0.5, 0.6) is 5.75 Å². The number of nitrogens with one attached hydrogen (secondary N) is 1. The van der Waals surface area contributed by atoms with Crippen LogP contribution in [0, 0.1) is 5.41 Å². The summed E-state index contributed by atoms with van der Waals surface area (Å²) in [6, 6.07) is 7.97. The minimum atomic E-state index is -0.448. The molecule has 0 unspecified atom stereocenters. The number of fused-ring (bicyclic) bond motifs is 1. The summed E-state index contributed by atoms with van der Waals surface area (Å²) in [5.41, 5.74) is 0.454. The third kappa shape index (κ3) is 3.87. The van der Waals surface area contributed by atoms with Crippen molar-refractivity contribution in [3.05, 3.63) is 29.8 Å². The molecule has 158 valence electrons. The Hall–Kier alpha value is -2.08. The third-order valence-electron chi connectivity index (χ3n) is 7.21. The van der Waals surface area contributed by atoms with Gasteiger partial charge in [0.25, 0.3) is 0 Å². The Morgan fingerprint density at radius 2 is 1.97 bits per heavy atom. The highest BCUT2D eigenvalue weighted by Gasteiger charge is 2.53. The van der Waals surface area contributed by atoms with Gasteiger partial charge in [0.2, 0.25) is 11.8 Å². The zero-order chi connectivity index (χ0) is 20.4. The maximum absolute atomic E-state index is 13.4. The lowest BCUT2D eigenvalue weighted by Gasteiger charge is -2.54. The van der Waals surface area contributed by atoms with Gasteiger partial charge in [-0.25, -0.2) is 0 Å². The normalized spacial score (nSPS) is 27.7. The minimum Gasteiger partial charge on any atom is -0.496 e. The van der Waals surface area contributed by atoms with Crippen LogP contribution in [0.25, 0.3) is 0 Å². The van der Waals surface area contributed by atoms with Crippen LogP contribution in [0.15, 0.2) is 24.3 Å². The molecule has 1 aliphatic carbocycles. The van der Waals surface area contributed by atoms with Gasteiger partial charge in [-0.15, -0.1) is 0 Å². The Bertz CT molecular complexity index is 763. The van der Waals surface area contributed by atoms with Gasteiger partial charge in [-0.2, -0.15) is 0 Å². The van der Waals surface area contributed by atoms with Gasteiger partial charge in [-0.3, -0.25) is 9.59 Å². The molecule has 29 heavy (non-hydrogen) atoms. The van der Waals surface area contributed by atoms with Gasteiger partial charge in [-0.1, -0.05) is 18.2 Å². The summed E-state index contributed by atoms with van der Waals surface area (Å²) in [6.07, 6.45) is 6.27. The maximum Gasteiger partial charge on any atom is 0.228 e. The molecule has 0 spiro atoms. The number of benzene rings is 1. The van der Waals surface area contributed by atoms with Crippen LogP contribution in [0.2, 0.25) is 0 Å². The van der Waals surface area contributed by atoms with E-state index < -0.39 is 5.41 Å². The predicted molar refractivity (Wildman–Crippen MR) is 112 cm³/mol. The molecule has 6 heteroatoms. The summed E-state index contributed by atoms with van der Waals surface area (Å²) in [7, 11) is 3.72. The van der Waals surface area contributed by atoms with Crippen molar-refractivity contribution in [3.8, 4) is 5.75 Å². The van der Waals surface area contributed by atoms with Crippen molar-refractivity contribution in [3.63, 3.8) is 0 Å². The number of likely N-dealkylation sites (N-methyl/N-ethyl adjacent to an activating group) is 1. The minimum absolute atomic E-state index is 0.0581. The highest BCUT2D eigenvalue weighted by Crippen LogP contribution is 2.43. The van der Waals surface area contributed by atoms with E-state index >= 15 is 0 Å². The molecule has 1 aromatic carbocycles. The molecular formula is C23H33N3O3. The molecule has 2 saturated heterocycles. The highest BCUT2D eigenvalue weighted by atomic mass is 16.5. The van der Waals surface area contributed by atoms with Gasteiger partial charge in [0.05, 0.1) is 25.0 Å². The van der Waals surface area contributed by atoms with Gasteiger partial charge >= 0.3 is 0 Å². The molecular weight excluding hydrogens is 366 g/mol. The summed E-state index contributed by atoms with van der Waals surface area (Å²) in [5, 5.41) is 3.30.